The number of aryl methyl sites for hydroxylation is 2. The fourth-order valence-electron chi connectivity index (χ4n) is 4.51. The maximum absolute atomic E-state index is 13.6. The molecule has 0 aliphatic carbocycles. The Morgan fingerprint density at radius 2 is 1.83 bits per heavy atom. The zero-order chi connectivity index (χ0) is 20.8. The van der Waals surface area contributed by atoms with Crippen molar-refractivity contribution in [3.8, 4) is 5.69 Å². The van der Waals surface area contributed by atoms with Crippen molar-refractivity contribution < 1.29 is 4.90 Å². The van der Waals surface area contributed by atoms with E-state index >= 15 is 0 Å². The van der Waals surface area contributed by atoms with Crippen LogP contribution in [-0.4, -0.2) is 31.8 Å². The Morgan fingerprint density at radius 1 is 1.07 bits per heavy atom. The summed E-state index contributed by atoms with van der Waals surface area (Å²) in [6.07, 6.45) is 3.79. The summed E-state index contributed by atoms with van der Waals surface area (Å²) in [6.45, 7) is 7.07. The summed E-state index contributed by atoms with van der Waals surface area (Å²) in [5, 5.41) is 5.53. The first-order valence-electron chi connectivity index (χ1n) is 10.6. The minimum absolute atomic E-state index is 0.0655. The number of nitrogens with zero attached hydrogens (tertiary/aromatic N) is 4. The molecule has 1 N–H and O–H groups in total. The third-order valence-electron chi connectivity index (χ3n) is 6.14. The van der Waals surface area contributed by atoms with Gasteiger partial charge in [-0.2, -0.15) is 4.68 Å². The largest absolute Gasteiger partial charge is 0.316 e. The summed E-state index contributed by atoms with van der Waals surface area (Å²) < 4.78 is 6.22. The second-order valence-corrected chi connectivity index (χ2v) is 8.70. The third kappa shape index (κ3) is 3.09. The molecule has 0 spiro atoms. The van der Waals surface area contributed by atoms with Gasteiger partial charge in [-0.3, -0.25) is 9.20 Å². The van der Waals surface area contributed by atoms with Crippen molar-refractivity contribution in [1.29, 1.82) is 0 Å². The van der Waals surface area contributed by atoms with Crippen molar-refractivity contribution in [2.45, 2.75) is 39.8 Å². The lowest BCUT2D eigenvalue weighted by atomic mass is 10.1. The molecule has 1 saturated heterocycles. The molecule has 0 amide bonds. The molecule has 2 aromatic carbocycles. The Balaban J connectivity index is 1.83. The lowest BCUT2D eigenvalue weighted by Crippen LogP contribution is -3.12. The molecule has 1 fully saturated rings. The Labute approximate surface area is 180 Å². The van der Waals surface area contributed by atoms with Gasteiger partial charge in [0.2, 0.25) is 10.5 Å². The molecule has 1 aliphatic rings. The molecule has 0 atom stereocenters. The van der Waals surface area contributed by atoms with Crippen LogP contribution in [0.15, 0.2) is 47.3 Å². The summed E-state index contributed by atoms with van der Waals surface area (Å²) in [5.74, 6) is 0.578. The van der Waals surface area contributed by atoms with Crippen molar-refractivity contribution in [1.82, 2.24) is 18.7 Å². The number of aromatic nitrogens is 4. The van der Waals surface area contributed by atoms with Crippen LogP contribution in [0.5, 0.6) is 0 Å². The maximum atomic E-state index is 13.6. The number of fused-ring (bicyclic) bond motifs is 3. The van der Waals surface area contributed by atoms with Crippen LogP contribution in [0.1, 0.15) is 30.4 Å². The first-order valence-corrected chi connectivity index (χ1v) is 11.0. The standard InChI is InChI=1S/C23H25N5OS/c1-16-10-11-17(2)20(14-16)27-21(29)18-8-4-5-9-19(18)28-22(27)24-26(23(28)30)15-25-12-6-3-7-13-25/h4-5,8-11,14H,3,6-7,12-13,15H2,1-2H3/p+1. The van der Waals surface area contributed by atoms with E-state index in [1.54, 1.807) is 4.57 Å². The van der Waals surface area contributed by atoms with Gasteiger partial charge in [-0.15, -0.1) is 5.10 Å². The molecule has 30 heavy (non-hydrogen) atoms. The first-order chi connectivity index (χ1) is 14.5. The molecule has 4 aromatic rings. The number of quaternary nitrogens is 1. The van der Waals surface area contributed by atoms with E-state index in [2.05, 4.69) is 6.07 Å². The van der Waals surface area contributed by atoms with Gasteiger partial charge >= 0.3 is 0 Å². The summed E-state index contributed by atoms with van der Waals surface area (Å²) in [7, 11) is 0. The predicted molar refractivity (Wildman–Crippen MR) is 121 cm³/mol. The minimum Gasteiger partial charge on any atom is -0.316 e. The Bertz CT molecular complexity index is 1370. The minimum atomic E-state index is -0.0655. The molecule has 0 radical (unpaired) electrons. The van der Waals surface area contributed by atoms with Crippen LogP contribution in [0, 0.1) is 18.6 Å². The van der Waals surface area contributed by atoms with Gasteiger partial charge in [-0.1, -0.05) is 24.3 Å². The molecular formula is C23H26N5OS+. The Morgan fingerprint density at radius 3 is 2.63 bits per heavy atom. The zero-order valence-electron chi connectivity index (χ0n) is 17.4. The molecule has 0 bridgehead atoms. The number of para-hydroxylation sites is 1. The molecule has 154 valence electrons. The van der Waals surface area contributed by atoms with Crippen LogP contribution in [-0.2, 0) is 6.67 Å². The van der Waals surface area contributed by atoms with Crippen molar-refractivity contribution in [2.75, 3.05) is 13.1 Å². The number of hydrogen-bond acceptors (Lipinski definition) is 3. The van der Waals surface area contributed by atoms with Gasteiger partial charge in [-0.25, -0.2) is 4.57 Å². The highest BCUT2D eigenvalue weighted by Gasteiger charge is 2.20. The van der Waals surface area contributed by atoms with Crippen LogP contribution >= 0.6 is 12.2 Å². The maximum Gasteiger partial charge on any atom is 0.267 e. The molecule has 2 aromatic heterocycles. The van der Waals surface area contributed by atoms with E-state index in [-0.39, 0.29) is 5.56 Å². The fraction of sp³-hybridized carbons (Fsp3) is 0.348. The lowest BCUT2D eigenvalue weighted by Gasteiger charge is -2.22. The van der Waals surface area contributed by atoms with E-state index < -0.39 is 0 Å². The van der Waals surface area contributed by atoms with Crippen molar-refractivity contribution in [2.24, 2.45) is 0 Å². The summed E-state index contributed by atoms with van der Waals surface area (Å²) in [4.78, 5) is 15.1. The Kier molecular flexibility index (Phi) is 4.79. The number of likely N-dealkylation sites (tertiary alicyclic amines) is 1. The molecule has 0 saturated carbocycles. The van der Waals surface area contributed by atoms with E-state index in [1.807, 2.05) is 59.3 Å². The SMILES string of the molecule is Cc1ccc(C)c(-n2c(=O)c3ccccc3n3c(=S)n(C[NH+]4CCCCC4)nc23)c1. The van der Waals surface area contributed by atoms with Gasteiger partial charge in [-0.05, 0) is 74.7 Å². The van der Waals surface area contributed by atoms with Gasteiger partial charge in [0.1, 0.15) is 0 Å². The van der Waals surface area contributed by atoms with Crippen LogP contribution in [0.3, 0.4) is 0 Å². The number of piperidine rings is 1. The number of benzene rings is 2. The van der Waals surface area contributed by atoms with Crippen molar-refractivity contribution in [3.05, 3.63) is 68.7 Å². The van der Waals surface area contributed by atoms with Crippen molar-refractivity contribution >= 4 is 28.9 Å². The van der Waals surface area contributed by atoms with E-state index in [9.17, 15) is 4.79 Å². The smallest absolute Gasteiger partial charge is 0.267 e. The number of nitrogens with one attached hydrogen (secondary N) is 1. The van der Waals surface area contributed by atoms with E-state index in [0.717, 1.165) is 42.1 Å². The average molecular weight is 421 g/mol. The molecule has 5 rings (SSSR count). The molecule has 6 nitrogen and oxygen atoms in total. The van der Waals surface area contributed by atoms with E-state index in [0.29, 0.717) is 15.9 Å². The van der Waals surface area contributed by atoms with Crippen LogP contribution in [0.25, 0.3) is 22.4 Å². The normalized spacial score (nSPS) is 15.3. The molecular weight excluding hydrogens is 394 g/mol. The quantitative estimate of drug-likeness (QED) is 0.519. The first kappa shape index (κ1) is 19.2. The average Bonchev–Trinajstić information content (AvgIpc) is 3.07. The number of hydrogen-bond donors (Lipinski definition) is 1. The molecule has 1 aliphatic heterocycles. The predicted octanol–water partition coefficient (Wildman–Crippen LogP) is 2.81. The zero-order valence-corrected chi connectivity index (χ0v) is 18.2. The Hall–Kier alpha value is -2.77. The van der Waals surface area contributed by atoms with Gasteiger partial charge < -0.3 is 4.90 Å². The number of rotatable bonds is 3. The van der Waals surface area contributed by atoms with Crippen LogP contribution in [0.4, 0.5) is 0 Å². The summed E-state index contributed by atoms with van der Waals surface area (Å²) >= 11 is 5.87. The molecule has 3 heterocycles. The second-order valence-electron chi connectivity index (χ2n) is 8.33. The lowest BCUT2D eigenvalue weighted by molar-refractivity contribution is -0.928. The molecule has 0 unspecified atom stereocenters. The fourth-order valence-corrected chi connectivity index (χ4v) is 4.80. The van der Waals surface area contributed by atoms with Crippen molar-refractivity contribution in [3.63, 3.8) is 0 Å². The summed E-state index contributed by atoms with van der Waals surface area (Å²) in [5.41, 5.74) is 3.73. The van der Waals surface area contributed by atoms with E-state index in [1.165, 1.54) is 24.2 Å². The monoisotopic (exact) mass is 420 g/mol. The second kappa shape index (κ2) is 7.49. The topological polar surface area (TPSA) is 48.7 Å². The van der Waals surface area contributed by atoms with Crippen LogP contribution in [0.2, 0.25) is 0 Å². The highest BCUT2D eigenvalue weighted by atomic mass is 32.1. The van der Waals surface area contributed by atoms with E-state index in [4.69, 9.17) is 17.3 Å². The highest BCUT2D eigenvalue weighted by molar-refractivity contribution is 7.71. The third-order valence-corrected chi connectivity index (χ3v) is 6.53. The van der Waals surface area contributed by atoms with Gasteiger partial charge in [0.25, 0.3) is 5.56 Å². The summed E-state index contributed by atoms with van der Waals surface area (Å²) in [6, 6.07) is 13.8. The van der Waals surface area contributed by atoms with Gasteiger partial charge in [0.15, 0.2) is 6.67 Å². The molecule has 7 heteroatoms. The highest BCUT2D eigenvalue weighted by Crippen LogP contribution is 2.20. The van der Waals surface area contributed by atoms with Gasteiger partial charge in [0, 0.05) is 0 Å². The van der Waals surface area contributed by atoms with Gasteiger partial charge in [0.05, 0.1) is 29.7 Å². The van der Waals surface area contributed by atoms with Crippen LogP contribution < -0.4 is 10.5 Å².